The van der Waals surface area contributed by atoms with Gasteiger partial charge in [-0.25, -0.2) is 12.8 Å². The Hall–Kier alpha value is -1.51. The first-order valence-corrected chi connectivity index (χ1v) is 8.09. The number of alkyl halides is 3. The van der Waals surface area contributed by atoms with Gasteiger partial charge in [-0.2, -0.15) is 13.2 Å². The summed E-state index contributed by atoms with van der Waals surface area (Å²) in [5.74, 6) is -0.943. The van der Waals surface area contributed by atoms with Gasteiger partial charge in [0.25, 0.3) is 10.0 Å². The van der Waals surface area contributed by atoms with Gasteiger partial charge in [-0.1, -0.05) is 23.2 Å². The highest BCUT2D eigenvalue weighted by atomic mass is 35.5. The van der Waals surface area contributed by atoms with Gasteiger partial charge < -0.3 is 0 Å². The van der Waals surface area contributed by atoms with Crippen LogP contribution < -0.4 is 4.72 Å². The van der Waals surface area contributed by atoms with Crippen molar-refractivity contribution in [3.63, 3.8) is 0 Å². The average Bonchev–Trinajstić information content (AvgIpc) is 2.41. The fourth-order valence-electron chi connectivity index (χ4n) is 1.66. The minimum absolute atomic E-state index is 0.0410. The van der Waals surface area contributed by atoms with Gasteiger partial charge in [-0.05, 0) is 36.4 Å². The standard InChI is InChI=1S/C13H7Cl2F4NO2S/c14-8-2-4-10(16)11(6-8)20-23(21,22)12-5-7(13(17,18)19)1-3-9(12)15/h1-6,20H. The van der Waals surface area contributed by atoms with Crippen LogP contribution in [0.2, 0.25) is 10.0 Å². The highest BCUT2D eigenvalue weighted by Crippen LogP contribution is 2.34. The molecular weight excluding hydrogens is 381 g/mol. The van der Waals surface area contributed by atoms with Crippen LogP contribution in [0.15, 0.2) is 41.3 Å². The molecule has 10 heteroatoms. The molecule has 0 saturated carbocycles. The number of benzene rings is 2. The van der Waals surface area contributed by atoms with Gasteiger partial charge in [0.2, 0.25) is 0 Å². The molecule has 0 aliphatic rings. The van der Waals surface area contributed by atoms with Crippen LogP contribution >= 0.6 is 23.2 Å². The largest absolute Gasteiger partial charge is 0.416 e. The van der Waals surface area contributed by atoms with Crippen LogP contribution in [-0.4, -0.2) is 8.42 Å². The summed E-state index contributed by atoms with van der Waals surface area (Å²) in [7, 11) is -4.55. The van der Waals surface area contributed by atoms with E-state index in [0.29, 0.717) is 12.1 Å². The van der Waals surface area contributed by atoms with Crippen LogP contribution in [0.1, 0.15) is 5.56 Å². The molecule has 0 unspecified atom stereocenters. The Balaban J connectivity index is 2.50. The molecule has 3 nitrogen and oxygen atoms in total. The molecule has 0 saturated heterocycles. The third kappa shape index (κ3) is 4.07. The third-order valence-electron chi connectivity index (χ3n) is 2.72. The average molecular weight is 388 g/mol. The van der Waals surface area contributed by atoms with Crippen molar-refractivity contribution in [2.24, 2.45) is 0 Å². The van der Waals surface area contributed by atoms with Crippen LogP contribution in [0.4, 0.5) is 23.2 Å². The van der Waals surface area contributed by atoms with Crippen LogP contribution in [0, 0.1) is 5.82 Å². The second kappa shape index (κ2) is 6.18. The maximum Gasteiger partial charge on any atom is 0.416 e. The second-order valence-corrected chi connectivity index (χ2v) is 6.87. The molecule has 0 atom stereocenters. The lowest BCUT2D eigenvalue weighted by Gasteiger charge is -2.13. The Bertz CT molecular complexity index is 854. The van der Waals surface area contributed by atoms with Crippen LogP contribution in [0.5, 0.6) is 0 Å². The molecule has 0 heterocycles. The highest BCUT2D eigenvalue weighted by Gasteiger charge is 2.33. The lowest BCUT2D eigenvalue weighted by atomic mass is 10.2. The Kier molecular flexibility index (Phi) is 4.79. The van der Waals surface area contributed by atoms with Crippen molar-refractivity contribution in [1.29, 1.82) is 0 Å². The summed E-state index contributed by atoms with van der Waals surface area (Å²) in [6, 6.07) is 4.89. The van der Waals surface area contributed by atoms with Crippen molar-refractivity contribution >= 4 is 38.9 Å². The molecule has 0 spiro atoms. The number of nitrogens with one attached hydrogen (secondary N) is 1. The van der Waals surface area contributed by atoms with Crippen LogP contribution in [0.25, 0.3) is 0 Å². The Morgan fingerprint density at radius 2 is 1.65 bits per heavy atom. The van der Waals surface area contributed by atoms with Crippen LogP contribution in [0.3, 0.4) is 0 Å². The molecule has 1 N–H and O–H groups in total. The van der Waals surface area contributed by atoms with Gasteiger partial charge in [0.15, 0.2) is 0 Å². The molecule has 0 aromatic heterocycles. The van der Waals surface area contributed by atoms with E-state index in [2.05, 4.69) is 0 Å². The van der Waals surface area contributed by atoms with E-state index in [9.17, 15) is 26.0 Å². The smallest absolute Gasteiger partial charge is 0.277 e. The van der Waals surface area contributed by atoms with Gasteiger partial charge in [-0.3, -0.25) is 4.72 Å². The molecule has 2 aromatic carbocycles. The summed E-state index contributed by atoms with van der Waals surface area (Å²) < 4.78 is 77.9. The first-order valence-electron chi connectivity index (χ1n) is 5.85. The molecule has 0 bridgehead atoms. The van der Waals surface area contributed by atoms with Gasteiger partial charge in [0, 0.05) is 5.02 Å². The summed E-state index contributed by atoms with van der Waals surface area (Å²) in [5, 5.41) is -0.396. The van der Waals surface area contributed by atoms with E-state index in [1.54, 1.807) is 0 Å². The zero-order chi connectivity index (χ0) is 17.4. The first-order chi connectivity index (χ1) is 10.5. The molecule has 2 aromatic rings. The quantitative estimate of drug-likeness (QED) is 0.757. The van der Waals surface area contributed by atoms with E-state index in [1.165, 1.54) is 6.07 Å². The van der Waals surface area contributed by atoms with Gasteiger partial charge in [-0.15, -0.1) is 0 Å². The van der Waals surface area contributed by atoms with E-state index < -0.39 is 43.2 Å². The SMILES string of the molecule is O=S(=O)(Nc1cc(Cl)ccc1F)c1cc(C(F)(F)F)ccc1Cl. The minimum Gasteiger partial charge on any atom is -0.277 e. The van der Waals surface area contributed by atoms with Crippen LogP contribution in [-0.2, 0) is 16.2 Å². The number of halogens is 6. The van der Waals surface area contributed by atoms with Crippen molar-refractivity contribution < 1.29 is 26.0 Å². The summed E-state index contributed by atoms with van der Waals surface area (Å²) in [6.07, 6.45) is -4.75. The Labute approximate surface area is 138 Å². The number of hydrogen-bond donors (Lipinski definition) is 1. The number of sulfonamides is 1. The predicted molar refractivity (Wildman–Crippen MR) is 78.7 cm³/mol. The number of hydrogen-bond acceptors (Lipinski definition) is 2. The van der Waals surface area contributed by atoms with Crippen molar-refractivity contribution in [3.8, 4) is 0 Å². The molecule has 0 fully saturated rings. The predicted octanol–water partition coefficient (Wildman–Crippen LogP) is 4.95. The van der Waals surface area contributed by atoms with Crippen molar-refractivity contribution in [2.45, 2.75) is 11.1 Å². The van der Waals surface area contributed by atoms with E-state index in [-0.39, 0.29) is 5.02 Å². The molecule has 0 amide bonds. The number of rotatable bonds is 3. The van der Waals surface area contributed by atoms with Crippen molar-refractivity contribution in [1.82, 2.24) is 0 Å². The Morgan fingerprint density at radius 1 is 1.00 bits per heavy atom. The summed E-state index contributed by atoms with van der Waals surface area (Å²) in [5.41, 5.74) is -1.71. The molecule has 23 heavy (non-hydrogen) atoms. The van der Waals surface area contributed by atoms with Crippen molar-refractivity contribution in [3.05, 3.63) is 57.8 Å². The molecular formula is C13H7Cl2F4NO2S. The van der Waals surface area contributed by atoms with Crippen molar-refractivity contribution in [2.75, 3.05) is 4.72 Å². The normalized spacial score (nSPS) is 12.3. The molecule has 124 valence electrons. The maximum atomic E-state index is 13.6. The first kappa shape index (κ1) is 17.8. The fourth-order valence-corrected chi connectivity index (χ4v) is 3.42. The lowest BCUT2D eigenvalue weighted by Crippen LogP contribution is -2.16. The Morgan fingerprint density at radius 3 is 2.26 bits per heavy atom. The summed E-state index contributed by atoms with van der Waals surface area (Å²) in [6.45, 7) is 0. The zero-order valence-electron chi connectivity index (χ0n) is 11.0. The highest BCUT2D eigenvalue weighted by molar-refractivity contribution is 7.92. The van der Waals surface area contributed by atoms with Gasteiger partial charge in [0.05, 0.1) is 16.3 Å². The van der Waals surface area contributed by atoms with E-state index in [4.69, 9.17) is 23.2 Å². The molecule has 0 radical (unpaired) electrons. The zero-order valence-corrected chi connectivity index (χ0v) is 13.3. The summed E-state index contributed by atoms with van der Waals surface area (Å²) in [4.78, 5) is -0.826. The number of anilines is 1. The molecule has 0 aliphatic carbocycles. The lowest BCUT2D eigenvalue weighted by molar-refractivity contribution is -0.137. The minimum atomic E-state index is -4.75. The third-order valence-corrected chi connectivity index (χ3v) is 4.80. The molecule has 0 aliphatic heterocycles. The fraction of sp³-hybridized carbons (Fsp3) is 0.0769. The summed E-state index contributed by atoms with van der Waals surface area (Å²) >= 11 is 11.3. The second-order valence-electron chi connectivity index (χ2n) is 4.37. The molecule has 2 rings (SSSR count). The van der Waals surface area contributed by atoms with E-state index in [0.717, 1.165) is 18.2 Å². The van der Waals surface area contributed by atoms with Gasteiger partial charge >= 0.3 is 6.18 Å². The monoisotopic (exact) mass is 387 g/mol. The van der Waals surface area contributed by atoms with Gasteiger partial charge in [0.1, 0.15) is 10.7 Å². The maximum absolute atomic E-state index is 13.6. The topological polar surface area (TPSA) is 46.2 Å². The van der Waals surface area contributed by atoms with E-state index in [1.807, 2.05) is 4.72 Å². The van der Waals surface area contributed by atoms with E-state index >= 15 is 0 Å².